The first-order chi connectivity index (χ1) is 20.1. The van der Waals surface area contributed by atoms with Gasteiger partial charge in [-0.1, -0.05) is 55.8 Å². The first-order valence-corrected chi connectivity index (χ1v) is 15.3. The molecule has 2 aliphatic rings. The van der Waals surface area contributed by atoms with Gasteiger partial charge in [-0.25, -0.2) is 0 Å². The molecule has 0 bridgehead atoms. The quantitative estimate of drug-likeness (QED) is 0.279. The molecule has 0 unspecified atom stereocenters. The second-order valence-corrected chi connectivity index (χ2v) is 11.5. The van der Waals surface area contributed by atoms with Crippen molar-refractivity contribution in [1.82, 2.24) is 5.32 Å². The number of ether oxygens (including phenoxy) is 1. The van der Waals surface area contributed by atoms with Crippen LogP contribution in [0.4, 0.5) is 11.4 Å². The third-order valence-corrected chi connectivity index (χ3v) is 8.37. The van der Waals surface area contributed by atoms with Crippen molar-refractivity contribution >= 4 is 23.2 Å². The molecule has 3 aromatic rings. The molecular formula is C35H43N3O3. The van der Waals surface area contributed by atoms with Crippen LogP contribution in [0.1, 0.15) is 77.3 Å². The molecule has 2 heterocycles. The number of unbranched alkanes of at least 4 members (excludes halogenated alkanes) is 1. The Morgan fingerprint density at radius 1 is 0.902 bits per heavy atom. The molecule has 0 saturated carbocycles. The van der Waals surface area contributed by atoms with Crippen LogP contribution in [0.5, 0.6) is 0 Å². The number of hydrogen-bond acceptors (Lipinski definition) is 4. The van der Waals surface area contributed by atoms with Crippen molar-refractivity contribution in [1.29, 1.82) is 0 Å². The van der Waals surface area contributed by atoms with E-state index in [4.69, 9.17) is 4.74 Å². The highest BCUT2D eigenvalue weighted by Gasteiger charge is 2.25. The van der Waals surface area contributed by atoms with Gasteiger partial charge < -0.3 is 20.3 Å². The number of hydrogen-bond donors (Lipinski definition) is 2. The van der Waals surface area contributed by atoms with Gasteiger partial charge in [0.25, 0.3) is 11.8 Å². The maximum atomic E-state index is 13.5. The first kappa shape index (κ1) is 28.9. The molecule has 2 amide bonds. The predicted molar refractivity (Wildman–Crippen MR) is 166 cm³/mol. The maximum absolute atomic E-state index is 13.5. The normalized spacial score (nSPS) is 17.4. The molecule has 3 aromatic carbocycles. The Balaban J connectivity index is 1.28. The van der Waals surface area contributed by atoms with Gasteiger partial charge in [-0.2, -0.15) is 0 Å². The largest absolute Gasteiger partial charge is 0.376 e. The van der Waals surface area contributed by atoms with Gasteiger partial charge in [-0.05, 0) is 92.3 Å². The fraction of sp³-hybridized carbons (Fsp3) is 0.429. The molecular weight excluding hydrogens is 510 g/mol. The zero-order valence-electron chi connectivity index (χ0n) is 24.2. The fourth-order valence-corrected chi connectivity index (χ4v) is 5.91. The van der Waals surface area contributed by atoms with E-state index in [1.165, 1.54) is 11.1 Å². The van der Waals surface area contributed by atoms with Crippen LogP contribution in [0.25, 0.3) is 0 Å². The molecule has 41 heavy (non-hydrogen) atoms. The minimum atomic E-state index is -0.174. The van der Waals surface area contributed by atoms with Crippen molar-refractivity contribution in [3.63, 3.8) is 0 Å². The Kier molecular flexibility index (Phi) is 10.1. The topological polar surface area (TPSA) is 70.7 Å². The van der Waals surface area contributed by atoms with Crippen molar-refractivity contribution < 1.29 is 14.3 Å². The molecule has 6 nitrogen and oxygen atoms in total. The number of piperidine rings is 1. The van der Waals surface area contributed by atoms with Gasteiger partial charge in [-0.15, -0.1) is 0 Å². The summed E-state index contributed by atoms with van der Waals surface area (Å²) in [7, 11) is 0. The summed E-state index contributed by atoms with van der Waals surface area (Å²) in [6.07, 6.45) is 8.63. The highest BCUT2D eigenvalue weighted by Crippen LogP contribution is 2.30. The average molecular weight is 554 g/mol. The number of amides is 2. The number of nitrogens with zero attached hydrogens (tertiary/aromatic N) is 1. The van der Waals surface area contributed by atoms with Crippen LogP contribution in [0.2, 0.25) is 0 Å². The molecule has 0 aliphatic carbocycles. The molecule has 2 aliphatic heterocycles. The van der Waals surface area contributed by atoms with Crippen LogP contribution >= 0.6 is 0 Å². The zero-order valence-corrected chi connectivity index (χ0v) is 24.2. The van der Waals surface area contributed by atoms with E-state index < -0.39 is 0 Å². The summed E-state index contributed by atoms with van der Waals surface area (Å²) in [6.45, 7) is 5.24. The van der Waals surface area contributed by atoms with Crippen LogP contribution in [0.3, 0.4) is 0 Å². The lowest BCUT2D eigenvalue weighted by molar-refractivity contribution is 0.0858. The van der Waals surface area contributed by atoms with Crippen molar-refractivity contribution in [2.75, 3.05) is 36.5 Å². The monoisotopic (exact) mass is 553 g/mol. The Morgan fingerprint density at radius 2 is 1.68 bits per heavy atom. The van der Waals surface area contributed by atoms with E-state index in [9.17, 15) is 9.59 Å². The van der Waals surface area contributed by atoms with Crippen molar-refractivity contribution in [2.24, 2.45) is 5.92 Å². The highest BCUT2D eigenvalue weighted by molar-refractivity contribution is 6.06. The van der Waals surface area contributed by atoms with E-state index >= 15 is 0 Å². The number of nitrogens with one attached hydrogen (secondary N) is 2. The lowest BCUT2D eigenvalue weighted by Crippen LogP contribution is -2.37. The summed E-state index contributed by atoms with van der Waals surface area (Å²) in [4.78, 5) is 28.9. The predicted octanol–water partition coefficient (Wildman–Crippen LogP) is 6.65. The minimum absolute atomic E-state index is 0.0688. The third-order valence-electron chi connectivity index (χ3n) is 8.37. The summed E-state index contributed by atoms with van der Waals surface area (Å²) in [6, 6.07) is 24.2. The molecule has 216 valence electrons. The van der Waals surface area contributed by atoms with E-state index in [1.54, 1.807) is 0 Å². The first-order valence-electron chi connectivity index (χ1n) is 15.3. The van der Waals surface area contributed by atoms with Crippen LogP contribution in [0, 0.1) is 5.92 Å². The summed E-state index contributed by atoms with van der Waals surface area (Å²) >= 11 is 0. The number of anilines is 2. The SMILES string of the molecule is CCCCc1ccc(C(=O)Nc2ccc(N3CCC(Cc4ccccc4)CC3)c(C(=O)NC[C@@H]3CCCO3)c2)cc1. The lowest BCUT2D eigenvalue weighted by Gasteiger charge is -2.35. The number of aryl methyl sites for hydroxylation is 1. The van der Waals surface area contributed by atoms with Crippen LogP contribution in [-0.2, 0) is 17.6 Å². The zero-order chi connectivity index (χ0) is 28.4. The molecule has 6 heteroatoms. The van der Waals surface area contributed by atoms with E-state index in [0.29, 0.717) is 29.3 Å². The molecule has 0 spiro atoms. The van der Waals surface area contributed by atoms with Crippen LogP contribution in [0.15, 0.2) is 72.8 Å². The molecule has 2 fully saturated rings. The van der Waals surface area contributed by atoms with Crippen LogP contribution < -0.4 is 15.5 Å². The molecule has 2 N–H and O–H groups in total. The summed E-state index contributed by atoms with van der Waals surface area (Å²) in [5.41, 5.74) is 5.37. The van der Waals surface area contributed by atoms with Gasteiger partial charge >= 0.3 is 0 Å². The number of carbonyl (C=O) groups excluding carboxylic acids is 2. The van der Waals surface area contributed by atoms with Gasteiger partial charge in [0, 0.05) is 43.2 Å². The van der Waals surface area contributed by atoms with E-state index in [1.807, 2.05) is 42.5 Å². The Labute approximate surface area is 244 Å². The van der Waals surface area contributed by atoms with Gasteiger partial charge in [0.05, 0.1) is 11.7 Å². The average Bonchev–Trinajstić information content (AvgIpc) is 3.54. The Morgan fingerprint density at radius 3 is 2.39 bits per heavy atom. The van der Waals surface area contributed by atoms with E-state index in [2.05, 4.69) is 52.8 Å². The lowest BCUT2D eigenvalue weighted by atomic mass is 9.89. The number of carbonyl (C=O) groups is 2. The summed E-state index contributed by atoms with van der Waals surface area (Å²) < 4.78 is 5.72. The van der Waals surface area contributed by atoms with Crippen LogP contribution in [-0.4, -0.2) is 44.2 Å². The van der Waals surface area contributed by atoms with Gasteiger partial charge in [0.1, 0.15) is 0 Å². The van der Waals surface area contributed by atoms with E-state index in [-0.39, 0.29) is 17.9 Å². The molecule has 1 atom stereocenters. The van der Waals surface area contributed by atoms with Gasteiger partial charge in [-0.3, -0.25) is 9.59 Å². The summed E-state index contributed by atoms with van der Waals surface area (Å²) in [5, 5.41) is 6.11. The van der Waals surface area contributed by atoms with Crippen molar-refractivity contribution in [3.05, 3.63) is 95.1 Å². The molecule has 0 radical (unpaired) electrons. The third kappa shape index (κ3) is 7.98. The smallest absolute Gasteiger partial charge is 0.255 e. The highest BCUT2D eigenvalue weighted by atomic mass is 16.5. The van der Waals surface area contributed by atoms with Gasteiger partial charge in [0.2, 0.25) is 0 Å². The molecule has 5 rings (SSSR count). The van der Waals surface area contributed by atoms with Gasteiger partial charge in [0.15, 0.2) is 0 Å². The Hall–Kier alpha value is -3.64. The molecule has 2 saturated heterocycles. The molecule has 0 aromatic heterocycles. The number of benzene rings is 3. The summed E-state index contributed by atoms with van der Waals surface area (Å²) in [5.74, 6) is 0.336. The number of rotatable bonds is 11. The van der Waals surface area contributed by atoms with Crippen molar-refractivity contribution in [3.8, 4) is 0 Å². The maximum Gasteiger partial charge on any atom is 0.255 e. The second kappa shape index (κ2) is 14.3. The Bertz CT molecular complexity index is 1280. The standard InChI is InChI=1S/C35H43N3O3/c1-2-3-8-26-12-14-29(15-13-26)34(39)37-30-16-17-33(32(24-30)35(40)36-25-31-11-7-22-41-31)38-20-18-28(19-21-38)23-27-9-5-4-6-10-27/h4-6,9-10,12-17,24,28,31H,2-3,7-8,11,18-23,25H2,1H3,(H,36,40)(H,37,39)/t31-/m0/s1. The van der Waals surface area contributed by atoms with Crippen molar-refractivity contribution in [2.45, 2.75) is 64.4 Å². The minimum Gasteiger partial charge on any atom is -0.376 e. The van der Waals surface area contributed by atoms with E-state index in [0.717, 1.165) is 76.8 Å². The second-order valence-electron chi connectivity index (χ2n) is 11.5. The fourth-order valence-electron chi connectivity index (χ4n) is 5.91.